The summed E-state index contributed by atoms with van der Waals surface area (Å²) in [6.45, 7) is 7.03. The van der Waals surface area contributed by atoms with Crippen LogP contribution in [0.25, 0.3) is 0 Å². The highest BCUT2D eigenvalue weighted by molar-refractivity contribution is 7.12. The Morgan fingerprint density at radius 2 is 1.59 bits per heavy atom. The highest BCUT2D eigenvalue weighted by Crippen LogP contribution is 2.38. The molecule has 0 aliphatic carbocycles. The van der Waals surface area contributed by atoms with Gasteiger partial charge in [-0.15, -0.1) is 22.7 Å². The highest BCUT2D eigenvalue weighted by Gasteiger charge is 2.49. The van der Waals surface area contributed by atoms with Crippen molar-refractivity contribution < 1.29 is 37.5 Å². The number of amides is 1. The van der Waals surface area contributed by atoms with Gasteiger partial charge in [0.05, 0.1) is 42.0 Å². The molecule has 37 heavy (non-hydrogen) atoms. The van der Waals surface area contributed by atoms with Crippen LogP contribution in [0.3, 0.4) is 0 Å². The molecule has 2 N–H and O–H groups in total. The van der Waals surface area contributed by atoms with E-state index in [9.17, 15) is 23.1 Å². The predicted octanol–water partition coefficient (Wildman–Crippen LogP) is 4.04. The Morgan fingerprint density at radius 3 is 2.05 bits per heavy atom. The Hall–Kier alpha value is -1.95. The molecule has 1 atom stereocenters. The average Bonchev–Trinajstić information content (AvgIpc) is 3.59. The quantitative estimate of drug-likeness (QED) is 0.339. The molecule has 206 valence electrons. The van der Waals surface area contributed by atoms with Gasteiger partial charge in [0.2, 0.25) is 5.60 Å². The molecule has 5 heterocycles. The number of carboxylic acid groups (broad SMARTS) is 1. The van der Waals surface area contributed by atoms with Crippen molar-refractivity contribution in [2.75, 3.05) is 26.2 Å². The van der Waals surface area contributed by atoms with E-state index in [1.807, 2.05) is 35.0 Å². The number of fused-ring (bicyclic) bond motifs is 3. The van der Waals surface area contributed by atoms with Crippen molar-refractivity contribution in [3.05, 3.63) is 44.8 Å². The summed E-state index contributed by atoms with van der Waals surface area (Å²) in [4.78, 5) is 23.7. The van der Waals surface area contributed by atoms with E-state index in [4.69, 9.17) is 9.90 Å². The van der Waals surface area contributed by atoms with Gasteiger partial charge in [-0.2, -0.15) is 13.2 Å². The number of nitrogens with one attached hydrogen (secondary N) is 1. The number of aliphatic hydroxyl groups is 1. The van der Waals surface area contributed by atoms with Crippen LogP contribution < -0.4 is 10.4 Å². The second kappa shape index (κ2) is 12.7. The van der Waals surface area contributed by atoms with E-state index in [-0.39, 0.29) is 11.9 Å². The van der Waals surface area contributed by atoms with E-state index in [1.165, 1.54) is 87.3 Å². The molecule has 0 radical (unpaired) electrons. The van der Waals surface area contributed by atoms with Crippen molar-refractivity contribution in [3.63, 3.8) is 0 Å². The minimum atomic E-state index is -5.19. The molecule has 5 rings (SSSR count). The third-order valence-corrected chi connectivity index (χ3v) is 9.43. The number of halogens is 3. The van der Waals surface area contributed by atoms with Crippen molar-refractivity contribution in [2.45, 2.75) is 69.7 Å². The number of hydrogen-bond donors (Lipinski definition) is 2. The lowest BCUT2D eigenvalue weighted by molar-refractivity contribution is -0.944. The minimum absolute atomic E-state index is 0.169. The first-order chi connectivity index (χ1) is 17.5. The van der Waals surface area contributed by atoms with Gasteiger partial charge in [-0.3, -0.25) is 4.79 Å². The fourth-order valence-electron chi connectivity index (χ4n) is 5.40. The molecule has 0 spiro atoms. The van der Waals surface area contributed by atoms with Crippen molar-refractivity contribution in [2.24, 2.45) is 5.92 Å². The molecule has 6 nitrogen and oxygen atoms in total. The number of quaternary nitrogens is 1. The van der Waals surface area contributed by atoms with Crippen LogP contribution in [0.15, 0.2) is 35.0 Å². The van der Waals surface area contributed by atoms with Gasteiger partial charge in [-0.05, 0) is 41.7 Å². The fourth-order valence-corrected chi connectivity index (χ4v) is 7.14. The Morgan fingerprint density at radius 1 is 1.05 bits per heavy atom. The number of carbonyl (C=O) groups is 2. The van der Waals surface area contributed by atoms with Gasteiger partial charge in [-0.25, -0.2) is 0 Å². The predicted molar refractivity (Wildman–Crippen MR) is 136 cm³/mol. The van der Waals surface area contributed by atoms with E-state index < -0.39 is 17.7 Å². The second-order valence-corrected chi connectivity index (χ2v) is 11.9. The van der Waals surface area contributed by atoms with Crippen molar-refractivity contribution >= 4 is 34.6 Å². The molecule has 0 aromatic carbocycles. The summed E-state index contributed by atoms with van der Waals surface area (Å²) in [7, 11) is 0. The smallest absolute Gasteiger partial charge is 0.430 e. The molecule has 11 heteroatoms. The molecule has 0 unspecified atom stereocenters. The van der Waals surface area contributed by atoms with Crippen LogP contribution in [0.4, 0.5) is 13.2 Å². The summed E-state index contributed by atoms with van der Waals surface area (Å²) in [6, 6.07) is 7.70. The topological polar surface area (TPSA) is 89.5 Å². The summed E-state index contributed by atoms with van der Waals surface area (Å²) >= 11 is 2.88. The van der Waals surface area contributed by atoms with Gasteiger partial charge in [0, 0.05) is 12.8 Å². The average molecular weight is 561 g/mol. The Balaban J connectivity index is 0.000000479. The normalized spacial score (nSPS) is 23.3. The number of aliphatic carboxylic acids is 1. The summed E-state index contributed by atoms with van der Waals surface area (Å²) in [6.07, 6.45) is 3.77. The largest absolute Gasteiger partial charge is 0.542 e. The highest BCUT2D eigenvalue weighted by atomic mass is 32.1. The minimum Gasteiger partial charge on any atom is -0.542 e. The molecule has 3 aliphatic heterocycles. The third kappa shape index (κ3) is 7.34. The molecular weight excluding hydrogens is 525 g/mol. The standard InChI is InChI=1S/C24H34N2O2S2.C2HF3O2/c1-2-3-4-5-6-13-26-14-11-19(12-15-26)20(18-26)25-23(27)24(28,21-9-7-16-29-21)22-10-8-17-30-22;3-2(4,5)1(6)7/h7-10,16-17,19-20,28H,2-6,11-15,18H2,1H3;(H,6,7)/t19?,20-,26?;/m0./s1. The monoisotopic (exact) mass is 560 g/mol. The summed E-state index contributed by atoms with van der Waals surface area (Å²) in [5.41, 5.74) is -1.58. The number of thiophene rings is 2. The molecule has 2 aromatic heterocycles. The summed E-state index contributed by atoms with van der Waals surface area (Å²) < 4.78 is 32.7. The van der Waals surface area contributed by atoms with Gasteiger partial charge in [0.1, 0.15) is 5.97 Å². The van der Waals surface area contributed by atoms with Gasteiger partial charge < -0.3 is 24.8 Å². The number of carbonyl (C=O) groups excluding carboxylic acids is 2. The lowest BCUT2D eigenvalue weighted by atomic mass is 9.81. The van der Waals surface area contributed by atoms with Gasteiger partial charge in [-0.1, -0.05) is 38.3 Å². The van der Waals surface area contributed by atoms with Crippen LogP contribution in [0.2, 0.25) is 0 Å². The number of rotatable bonds is 10. The molecule has 2 aromatic rings. The van der Waals surface area contributed by atoms with E-state index in [0.29, 0.717) is 15.7 Å². The van der Waals surface area contributed by atoms with Gasteiger partial charge in [0.25, 0.3) is 5.91 Å². The molecule has 3 aliphatic rings. The molecule has 3 saturated heterocycles. The van der Waals surface area contributed by atoms with Crippen molar-refractivity contribution in [3.8, 4) is 0 Å². The van der Waals surface area contributed by atoms with E-state index in [2.05, 4.69) is 12.2 Å². The van der Waals surface area contributed by atoms with Crippen molar-refractivity contribution in [1.29, 1.82) is 0 Å². The number of hydrogen-bond acceptors (Lipinski definition) is 6. The lowest BCUT2D eigenvalue weighted by Crippen LogP contribution is -2.68. The number of alkyl halides is 3. The fraction of sp³-hybridized carbons (Fsp3) is 0.615. The molecule has 0 saturated carbocycles. The van der Waals surface area contributed by atoms with E-state index >= 15 is 0 Å². The van der Waals surface area contributed by atoms with Crippen molar-refractivity contribution in [1.82, 2.24) is 5.32 Å². The Kier molecular flexibility index (Phi) is 10.2. The first kappa shape index (κ1) is 29.6. The number of carboxylic acids is 1. The zero-order chi connectivity index (χ0) is 27.1. The maximum absolute atomic E-state index is 13.5. The molecule has 1 amide bonds. The van der Waals surface area contributed by atoms with Crippen LogP contribution >= 0.6 is 22.7 Å². The molecule has 2 bridgehead atoms. The van der Waals surface area contributed by atoms with Gasteiger partial charge >= 0.3 is 6.18 Å². The van der Waals surface area contributed by atoms with E-state index in [1.54, 1.807) is 0 Å². The summed E-state index contributed by atoms with van der Waals surface area (Å²) in [5.74, 6) is -2.72. The first-order valence-electron chi connectivity index (χ1n) is 12.8. The summed E-state index contributed by atoms with van der Waals surface area (Å²) in [5, 5.41) is 27.5. The van der Waals surface area contributed by atoms with E-state index in [0.717, 1.165) is 11.0 Å². The van der Waals surface area contributed by atoms with Crippen LogP contribution in [-0.4, -0.2) is 59.9 Å². The Bertz CT molecular complexity index is 954. The van der Waals surface area contributed by atoms with Crippen LogP contribution in [0, 0.1) is 5.92 Å². The van der Waals surface area contributed by atoms with Crippen LogP contribution in [0.1, 0.15) is 61.6 Å². The second-order valence-electron chi connectivity index (χ2n) is 9.98. The zero-order valence-corrected chi connectivity index (χ0v) is 22.6. The van der Waals surface area contributed by atoms with Crippen LogP contribution in [-0.2, 0) is 15.2 Å². The van der Waals surface area contributed by atoms with Crippen LogP contribution in [0.5, 0.6) is 0 Å². The molecular formula is C26H35F3N2O4S2. The number of nitrogens with zero attached hydrogens (tertiary/aromatic N) is 1. The Labute approximate surface area is 223 Å². The molecule has 3 fully saturated rings. The number of unbranched alkanes of at least 4 members (excludes halogenated alkanes) is 4. The SMILES string of the molecule is CCCCCCC[N+]12CCC(CC1)[C@@H](NC(=O)C(O)(c1cccs1)c1cccs1)C2.O=C([O-])C(F)(F)F. The third-order valence-electron chi connectivity index (χ3n) is 7.47. The first-order valence-corrected chi connectivity index (χ1v) is 14.5. The lowest BCUT2D eigenvalue weighted by Gasteiger charge is -2.53. The maximum Gasteiger partial charge on any atom is 0.430 e. The zero-order valence-electron chi connectivity index (χ0n) is 21.0. The number of piperidine rings is 3. The maximum atomic E-state index is 13.5. The van der Waals surface area contributed by atoms with Gasteiger partial charge in [0.15, 0.2) is 0 Å².